The van der Waals surface area contributed by atoms with E-state index in [1.807, 2.05) is 18.2 Å². The molecule has 0 aliphatic heterocycles. The average molecular weight is 223 g/mol. The Morgan fingerprint density at radius 2 is 2.25 bits per heavy atom. The van der Waals surface area contributed by atoms with Gasteiger partial charge in [0.2, 0.25) is 5.88 Å². The number of nitrogens with two attached hydrogens (primary N) is 1. The van der Waals surface area contributed by atoms with E-state index in [2.05, 4.69) is 16.8 Å². The van der Waals surface area contributed by atoms with E-state index in [4.69, 9.17) is 10.5 Å². The fraction of sp³-hybridized carbons (Fsp3) is 0.583. The maximum absolute atomic E-state index is 5.51. The fourth-order valence-electron chi connectivity index (χ4n) is 1.55. The highest BCUT2D eigenvalue weighted by molar-refractivity contribution is 5.15. The number of aromatic nitrogens is 1. The Bertz CT molecular complexity index is 304. The Labute approximate surface area is 97.4 Å². The predicted octanol–water partition coefficient (Wildman–Crippen LogP) is 1.26. The van der Waals surface area contributed by atoms with Crippen molar-refractivity contribution in [2.75, 3.05) is 26.7 Å². The molecule has 0 amide bonds. The van der Waals surface area contributed by atoms with Crippen LogP contribution in [-0.4, -0.2) is 36.6 Å². The minimum Gasteiger partial charge on any atom is -0.481 e. The molecule has 0 spiro atoms. The molecule has 1 aromatic heterocycles. The topological polar surface area (TPSA) is 51.4 Å². The molecule has 0 saturated heterocycles. The molecule has 0 fully saturated rings. The van der Waals surface area contributed by atoms with Gasteiger partial charge in [-0.05, 0) is 32.1 Å². The molecule has 0 aliphatic rings. The molecule has 1 heterocycles. The lowest BCUT2D eigenvalue weighted by Crippen LogP contribution is -2.26. The molecular weight excluding hydrogens is 202 g/mol. The normalized spacial score (nSPS) is 10.8. The molecule has 0 aliphatic carbocycles. The van der Waals surface area contributed by atoms with E-state index in [0.29, 0.717) is 5.88 Å². The highest BCUT2D eigenvalue weighted by Gasteiger charge is 2.04. The zero-order valence-electron chi connectivity index (χ0n) is 10.1. The van der Waals surface area contributed by atoms with Crippen molar-refractivity contribution in [3.05, 3.63) is 23.9 Å². The third-order valence-corrected chi connectivity index (χ3v) is 2.50. The first-order valence-electron chi connectivity index (χ1n) is 5.72. The van der Waals surface area contributed by atoms with Crippen molar-refractivity contribution < 1.29 is 4.74 Å². The van der Waals surface area contributed by atoms with Gasteiger partial charge >= 0.3 is 0 Å². The molecule has 0 aromatic carbocycles. The summed E-state index contributed by atoms with van der Waals surface area (Å²) in [5.41, 5.74) is 6.55. The first kappa shape index (κ1) is 12.9. The Kier molecular flexibility index (Phi) is 5.82. The van der Waals surface area contributed by atoms with Gasteiger partial charge < -0.3 is 10.5 Å². The summed E-state index contributed by atoms with van der Waals surface area (Å²) in [6.45, 7) is 5.78. The molecule has 1 rings (SSSR count). The number of rotatable bonds is 7. The van der Waals surface area contributed by atoms with Gasteiger partial charge in [-0.25, -0.2) is 4.98 Å². The molecule has 0 bridgehead atoms. The largest absolute Gasteiger partial charge is 0.481 e. The zero-order valence-corrected chi connectivity index (χ0v) is 10.1. The molecular formula is C12H21N3O. The second-order valence-corrected chi connectivity index (χ2v) is 3.68. The summed E-state index contributed by atoms with van der Waals surface area (Å²) < 4.78 is 5.10. The van der Waals surface area contributed by atoms with Crippen molar-refractivity contribution in [3.63, 3.8) is 0 Å². The smallest absolute Gasteiger partial charge is 0.213 e. The minimum atomic E-state index is 0.673. The van der Waals surface area contributed by atoms with Gasteiger partial charge in [-0.15, -0.1) is 0 Å². The molecule has 90 valence electrons. The van der Waals surface area contributed by atoms with Gasteiger partial charge in [0.25, 0.3) is 0 Å². The summed E-state index contributed by atoms with van der Waals surface area (Å²) in [5.74, 6) is 0.673. The van der Waals surface area contributed by atoms with Crippen molar-refractivity contribution in [3.8, 4) is 5.88 Å². The van der Waals surface area contributed by atoms with Crippen LogP contribution in [0.4, 0.5) is 0 Å². The number of methoxy groups -OCH3 is 1. The van der Waals surface area contributed by atoms with Gasteiger partial charge in [0.1, 0.15) is 0 Å². The van der Waals surface area contributed by atoms with Gasteiger partial charge in [0.15, 0.2) is 0 Å². The Hall–Kier alpha value is -1.13. The summed E-state index contributed by atoms with van der Waals surface area (Å²) >= 11 is 0. The van der Waals surface area contributed by atoms with Crippen LogP contribution in [0.3, 0.4) is 0 Å². The van der Waals surface area contributed by atoms with Gasteiger partial charge in [-0.1, -0.05) is 13.0 Å². The van der Waals surface area contributed by atoms with Gasteiger partial charge in [0.05, 0.1) is 12.8 Å². The van der Waals surface area contributed by atoms with Crippen LogP contribution < -0.4 is 10.5 Å². The van der Waals surface area contributed by atoms with E-state index in [-0.39, 0.29) is 0 Å². The number of nitrogens with zero attached hydrogens (tertiary/aromatic N) is 2. The van der Waals surface area contributed by atoms with E-state index in [9.17, 15) is 0 Å². The van der Waals surface area contributed by atoms with E-state index in [1.54, 1.807) is 7.11 Å². The zero-order chi connectivity index (χ0) is 11.8. The third-order valence-electron chi connectivity index (χ3n) is 2.50. The van der Waals surface area contributed by atoms with E-state index in [1.165, 1.54) is 0 Å². The van der Waals surface area contributed by atoms with Crippen molar-refractivity contribution in [1.29, 1.82) is 0 Å². The maximum Gasteiger partial charge on any atom is 0.213 e. The second-order valence-electron chi connectivity index (χ2n) is 3.68. The number of hydrogen-bond acceptors (Lipinski definition) is 4. The highest BCUT2D eigenvalue weighted by Crippen LogP contribution is 2.09. The second kappa shape index (κ2) is 7.19. The van der Waals surface area contributed by atoms with Crippen LogP contribution in [0.2, 0.25) is 0 Å². The van der Waals surface area contributed by atoms with Crippen LogP contribution in [0.1, 0.15) is 19.0 Å². The summed E-state index contributed by atoms with van der Waals surface area (Å²) in [7, 11) is 1.64. The molecule has 0 saturated carbocycles. The minimum absolute atomic E-state index is 0.673. The summed E-state index contributed by atoms with van der Waals surface area (Å²) in [6.07, 6.45) is 1.03. The van der Waals surface area contributed by atoms with Crippen LogP contribution >= 0.6 is 0 Å². The van der Waals surface area contributed by atoms with Crippen molar-refractivity contribution >= 4 is 0 Å². The van der Waals surface area contributed by atoms with Crippen molar-refractivity contribution in [2.24, 2.45) is 5.73 Å². The summed E-state index contributed by atoms with van der Waals surface area (Å²) in [4.78, 5) is 6.72. The first-order valence-corrected chi connectivity index (χ1v) is 5.72. The Morgan fingerprint density at radius 1 is 1.44 bits per heavy atom. The standard InChI is InChI=1S/C12H21N3O/c1-3-15(9-5-8-13)10-11-6-4-7-12(14-11)16-2/h4,6-7H,3,5,8-10,13H2,1-2H3. The fourth-order valence-corrected chi connectivity index (χ4v) is 1.55. The lowest BCUT2D eigenvalue weighted by Gasteiger charge is -2.19. The van der Waals surface area contributed by atoms with E-state index >= 15 is 0 Å². The molecule has 0 atom stereocenters. The quantitative estimate of drug-likeness (QED) is 0.756. The monoisotopic (exact) mass is 223 g/mol. The molecule has 1 aromatic rings. The maximum atomic E-state index is 5.51. The Morgan fingerprint density at radius 3 is 2.88 bits per heavy atom. The lowest BCUT2D eigenvalue weighted by atomic mass is 10.3. The molecule has 4 nitrogen and oxygen atoms in total. The molecule has 2 N–H and O–H groups in total. The summed E-state index contributed by atoms with van der Waals surface area (Å²) in [6, 6.07) is 5.85. The third kappa shape index (κ3) is 4.16. The Balaban J connectivity index is 2.55. The van der Waals surface area contributed by atoms with E-state index in [0.717, 1.165) is 38.3 Å². The van der Waals surface area contributed by atoms with Crippen LogP contribution in [0.25, 0.3) is 0 Å². The van der Waals surface area contributed by atoms with Crippen molar-refractivity contribution in [2.45, 2.75) is 19.9 Å². The molecule has 0 unspecified atom stereocenters. The molecule has 0 radical (unpaired) electrons. The molecule has 16 heavy (non-hydrogen) atoms. The van der Waals surface area contributed by atoms with Crippen LogP contribution in [0.5, 0.6) is 5.88 Å². The van der Waals surface area contributed by atoms with Crippen LogP contribution in [0.15, 0.2) is 18.2 Å². The van der Waals surface area contributed by atoms with E-state index < -0.39 is 0 Å². The van der Waals surface area contributed by atoms with Crippen LogP contribution in [-0.2, 0) is 6.54 Å². The summed E-state index contributed by atoms with van der Waals surface area (Å²) in [5, 5.41) is 0. The number of hydrogen-bond donors (Lipinski definition) is 1. The number of ether oxygens (including phenoxy) is 1. The van der Waals surface area contributed by atoms with Crippen LogP contribution in [0, 0.1) is 0 Å². The van der Waals surface area contributed by atoms with Gasteiger partial charge in [-0.3, -0.25) is 4.90 Å². The predicted molar refractivity (Wildman–Crippen MR) is 65.4 cm³/mol. The lowest BCUT2D eigenvalue weighted by molar-refractivity contribution is 0.273. The van der Waals surface area contributed by atoms with Crippen molar-refractivity contribution in [1.82, 2.24) is 9.88 Å². The first-order chi connectivity index (χ1) is 7.80. The SMILES string of the molecule is CCN(CCCN)Cc1cccc(OC)n1. The number of pyridine rings is 1. The van der Waals surface area contributed by atoms with Gasteiger partial charge in [0, 0.05) is 12.6 Å². The average Bonchev–Trinajstić information content (AvgIpc) is 2.34. The molecule has 4 heteroatoms. The highest BCUT2D eigenvalue weighted by atomic mass is 16.5. The van der Waals surface area contributed by atoms with Gasteiger partial charge in [-0.2, -0.15) is 0 Å².